The van der Waals surface area contributed by atoms with Gasteiger partial charge in [-0.15, -0.1) is 0 Å². The Morgan fingerprint density at radius 1 is 1.11 bits per heavy atom. The van der Waals surface area contributed by atoms with E-state index in [9.17, 15) is 0 Å². The molecule has 0 aliphatic rings. The summed E-state index contributed by atoms with van der Waals surface area (Å²) in [7, 11) is 0. The summed E-state index contributed by atoms with van der Waals surface area (Å²) in [6.45, 7) is 0. The molecule has 2 aromatic carbocycles. The summed E-state index contributed by atoms with van der Waals surface area (Å²) >= 11 is 15.6. The number of halogens is 3. The molecule has 94 valence electrons. The molecule has 2 aromatic rings. The predicted octanol–water partition coefficient (Wildman–Crippen LogP) is 5.00. The molecule has 18 heavy (non-hydrogen) atoms. The molecule has 2 rings (SSSR count). The zero-order chi connectivity index (χ0) is 13.1. The van der Waals surface area contributed by atoms with E-state index in [0.717, 1.165) is 15.6 Å². The van der Waals surface area contributed by atoms with Gasteiger partial charge in [0.2, 0.25) is 0 Å². The molecule has 0 aliphatic carbocycles. The Bertz CT molecular complexity index is 557. The summed E-state index contributed by atoms with van der Waals surface area (Å²) in [6, 6.07) is 13.5. The van der Waals surface area contributed by atoms with Crippen LogP contribution in [-0.4, -0.2) is 0 Å². The number of hydrogen-bond acceptors (Lipinski definition) is 1. The largest absolute Gasteiger partial charge is 0.324 e. The fourth-order valence-electron chi connectivity index (χ4n) is 1.80. The standard InChI is InChI=1S/C14H12BrCl2N/c15-11-5-1-3-9(7-11)13(18)8-10-4-2-6-12(16)14(10)17/h1-7,13H,8,18H2. The Morgan fingerprint density at radius 2 is 1.83 bits per heavy atom. The molecule has 0 saturated heterocycles. The summed E-state index contributed by atoms with van der Waals surface area (Å²) in [6.07, 6.45) is 0.663. The third-order valence-electron chi connectivity index (χ3n) is 2.75. The van der Waals surface area contributed by atoms with Gasteiger partial charge in [-0.2, -0.15) is 0 Å². The normalized spacial score (nSPS) is 12.4. The second-order valence-corrected chi connectivity index (χ2v) is 5.78. The van der Waals surface area contributed by atoms with Crippen LogP contribution in [0, 0.1) is 0 Å². The summed E-state index contributed by atoms with van der Waals surface area (Å²) in [4.78, 5) is 0. The molecule has 0 heterocycles. The molecule has 4 heteroatoms. The van der Waals surface area contributed by atoms with Gasteiger partial charge in [0, 0.05) is 10.5 Å². The van der Waals surface area contributed by atoms with Gasteiger partial charge in [-0.3, -0.25) is 0 Å². The third kappa shape index (κ3) is 3.27. The van der Waals surface area contributed by atoms with E-state index in [1.807, 2.05) is 36.4 Å². The van der Waals surface area contributed by atoms with Crippen LogP contribution in [0.25, 0.3) is 0 Å². The number of benzene rings is 2. The molecule has 1 unspecified atom stereocenters. The molecule has 0 fully saturated rings. The van der Waals surface area contributed by atoms with Crippen molar-refractivity contribution in [2.45, 2.75) is 12.5 Å². The molecule has 0 aliphatic heterocycles. The molecule has 0 amide bonds. The van der Waals surface area contributed by atoms with Crippen molar-refractivity contribution in [1.29, 1.82) is 0 Å². The van der Waals surface area contributed by atoms with Crippen molar-refractivity contribution in [3.05, 3.63) is 68.1 Å². The third-order valence-corrected chi connectivity index (χ3v) is 4.10. The van der Waals surface area contributed by atoms with E-state index in [1.165, 1.54) is 0 Å². The monoisotopic (exact) mass is 343 g/mol. The van der Waals surface area contributed by atoms with Crippen LogP contribution in [0.15, 0.2) is 46.9 Å². The molecule has 0 aromatic heterocycles. The van der Waals surface area contributed by atoms with E-state index in [-0.39, 0.29) is 6.04 Å². The van der Waals surface area contributed by atoms with Crippen molar-refractivity contribution in [3.63, 3.8) is 0 Å². The fourth-order valence-corrected chi connectivity index (χ4v) is 2.61. The molecular formula is C14H12BrCl2N. The molecule has 1 atom stereocenters. The fraction of sp³-hybridized carbons (Fsp3) is 0.143. The molecule has 0 bridgehead atoms. The molecule has 0 radical (unpaired) electrons. The minimum Gasteiger partial charge on any atom is -0.324 e. The highest BCUT2D eigenvalue weighted by Gasteiger charge is 2.11. The van der Waals surface area contributed by atoms with Crippen molar-refractivity contribution in [3.8, 4) is 0 Å². The summed E-state index contributed by atoms with van der Waals surface area (Å²) in [5.74, 6) is 0. The van der Waals surface area contributed by atoms with E-state index >= 15 is 0 Å². The summed E-state index contributed by atoms with van der Waals surface area (Å²) < 4.78 is 1.02. The number of rotatable bonds is 3. The zero-order valence-corrected chi connectivity index (χ0v) is 12.6. The van der Waals surface area contributed by atoms with Crippen LogP contribution in [0.3, 0.4) is 0 Å². The first kappa shape index (κ1) is 13.9. The first-order chi connectivity index (χ1) is 8.58. The number of nitrogens with two attached hydrogens (primary N) is 1. The van der Waals surface area contributed by atoms with Gasteiger partial charge in [-0.1, -0.05) is 63.4 Å². The van der Waals surface area contributed by atoms with Gasteiger partial charge in [-0.25, -0.2) is 0 Å². The maximum atomic E-state index is 6.19. The van der Waals surface area contributed by atoms with E-state index in [1.54, 1.807) is 6.07 Å². The van der Waals surface area contributed by atoms with Gasteiger partial charge >= 0.3 is 0 Å². The summed E-state index contributed by atoms with van der Waals surface area (Å²) in [5, 5.41) is 1.15. The van der Waals surface area contributed by atoms with Crippen LogP contribution >= 0.6 is 39.1 Å². The lowest BCUT2D eigenvalue weighted by molar-refractivity contribution is 0.721. The second-order valence-electron chi connectivity index (χ2n) is 4.08. The molecule has 1 nitrogen and oxygen atoms in total. The lowest BCUT2D eigenvalue weighted by Gasteiger charge is -2.14. The van der Waals surface area contributed by atoms with Gasteiger partial charge in [0.25, 0.3) is 0 Å². The molecule has 0 saturated carbocycles. The SMILES string of the molecule is NC(Cc1cccc(Cl)c1Cl)c1cccc(Br)c1. The average molecular weight is 345 g/mol. The van der Waals surface area contributed by atoms with Gasteiger partial charge in [-0.05, 0) is 35.7 Å². The van der Waals surface area contributed by atoms with Crippen LogP contribution < -0.4 is 5.73 Å². The predicted molar refractivity (Wildman–Crippen MR) is 81.2 cm³/mol. The topological polar surface area (TPSA) is 26.0 Å². The van der Waals surface area contributed by atoms with E-state index in [0.29, 0.717) is 16.5 Å². The van der Waals surface area contributed by atoms with E-state index < -0.39 is 0 Å². The van der Waals surface area contributed by atoms with Gasteiger partial charge in [0.15, 0.2) is 0 Å². The van der Waals surface area contributed by atoms with E-state index in [2.05, 4.69) is 15.9 Å². The Morgan fingerprint density at radius 3 is 2.56 bits per heavy atom. The van der Waals surface area contributed by atoms with Crippen LogP contribution in [0.5, 0.6) is 0 Å². The lowest BCUT2D eigenvalue weighted by Crippen LogP contribution is -2.13. The van der Waals surface area contributed by atoms with Gasteiger partial charge < -0.3 is 5.73 Å². The first-order valence-corrected chi connectivity index (χ1v) is 7.07. The van der Waals surface area contributed by atoms with Crippen LogP contribution in [0.4, 0.5) is 0 Å². The van der Waals surface area contributed by atoms with Crippen molar-refractivity contribution in [2.75, 3.05) is 0 Å². The lowest BCUT2D eigenvalue weighted by atomic mass is 10.00. The highest BCUT2D eigenvalue weighted by Crippen LogP contribution is 2.29. The highest BCUT2D eigenvalue weighted by atomic mass is 79.9. The summed E-state index contributed by atoms with van der Waals surface area (Å²) in [5.41, 5.74) is 8.23. The van der Waals surface area contributed by atoms with Crippen molar-refractivity contribution >= 4 is 39.1 Å². The molecule has 2 N–H and O–H groups in total. The number of hydrogen-bond donors (Lipinski definition) is 1. The minimum atomic E-state index is -0.0986. The quantitative estimate of drug-likeness (QED) is 0.833. The Kier molecular flexibility index (Phi) is 4.68. The average Bonchev–Trinajstić information content (AvgIpc) is 2.35. The molecule has 0 spiro atoms. The van der Waals surface area contributed by atoms with Crippen molar-refractivity contribution < 1.29 is 0 Å². The van der Waals surface area contributed by atoms with Crippen molar-refractivity contribution in [1.82, 2.24) is 0 Å². The Labute approximate surface area is 125 Å². The maximum Gasteiger partial charge on any atom is 0.0624 e. The smallest absolute Gasteiger partial charge is 0.0624 e. The van der Waals surface area contributed by atoms with E-state index in [4.69, 9.17) is 28.9 Å². The highest BCUT2D eigenvalue weighted by molar-refractivity contribution is 9.10. The first-order valence-electron chi connectivity index (χ1n) is 5.52. The second kappa shape index (κ2) is 6.07. The maximum absolute atomic E-state index is 6.19. The Hall–Kier alpha value is -0.540. The van der Waals surface area contributed by atoms with Gasteiger partial charge in [0.05, 0.1) is 10.0 Å². The van der Waals surface area contributed by atoms with Crippen LogP contribution in [0.1, 0.15) is 17.2 Å². The van der Waals surface area contributed by atoms with Crippen molar-refractivity contribution in [2.24, 2.45) is 5.73 Å². The van der Waals surface area contributed by atoms with Gasteiger partial charge in [0.1, 0.15) is 0 Å². The van der Waals surface area contributed by atoms with Crippen LogP contribution in [-0.2, 0) is 6.42 Å². The zero-order valence-electron chi connectivity index (χ0n) is 9.54. The Balaban J connectivity index is 2.21. The molecular weight excluding hydrogens is 333 g/mol. The van der Waals surface area contributed by atoms with Crippen LogP contribution in [0.2, 0.25) is 10.0 Å². The minimum absolute atomic E-state index is 0.0986.